The maximum absolute atomic E-state index is 14.5. The molecule has 162 valence electrons. The van der Waals surface area contributed by atoms with Crippen LogP contribution in [0, 0.1) is 11.6 Å². The highest BCUT2D eigenvalue weighted by Crippen LogP contribution is 2.28. The number of nitrogens with zero attached hydrogens (tertiary/aromatic N) is 1. The van der Waals surface area contributed by atoms with Gasteiger partial charge < -0.3 is 14.9 Å². The predicted molar refractivity (Wildman–Crippen MR) is 107 cm³/mol. The molecule has 0 saturated carbocycles. The Kier molecular flexibility index (Phi) is 5.40. The molecule has 5 nitrogen and oxygen atoms in total. The summed E-state index contributed by atoms with van der Waals surface area (Å²) >= 11 is 0. The van der Waals surface area contributed by atoms with Gasteiger partial charge in [-0.15, -0.1) is 0 Å². The molecule has 3 N–H and O–H groups in total. The number of H-pyrrole nitrogens is 1. The van der Waals surface area contributed by atoms with Crippen LogP contribution in [0.25, 0.3) is 21.8 Å². The Labute approximate surface area is 172 Å². The average molecular weight is 436 g/mol. The van der Waals surface area contributed by atoms with E-state index in [2.05, 4.69) is 10.3 Å². The van der Waals surface area contributed by atoms with Gasteiger partial charge in [-0.25, -0.2) is 22.0 Å². The van der Waals surface area contributed by atoms with E-state index < -0.39 is 36.8 Å². The zero-order chi connectivity index (χ0) is 22.3. The number of hydrogen-bond donors (Lipinski definition) is 3. The van der Waals surface area contributed by atoms with Crippen LogP contribution in [0.15, 0.2) is 42.7 Å². The molecule has 0 fully saturated rings. The van der Waals surface area contributed by atoms with E-state index >= 15 is 0 Å². The minimum atomic E-state index is -3.23. The maximum Gasteiger partial charge on any atom is 0.282 e. The first-order valence-corrected chi connectivity index (χ1v) is 9.25. The lowest BCUT2D eigenvalue weighted by Gasteiger charge is -2.11. The summed E-state index contributed by atoms with van der Waals surface area (Å²) in [6.45, 7) is -0.444. The van der Waals surface area contributed by atoms with Crippen LogP contribution in [0.5, 0.6) is 0 Å². The molecule has 0 aliphatic heterocycles. The monoisotopic (exact) mass is 436 g/mol. The number of carbonyl (C=O) groups is 1. The number of benzene rings is 2. The van der Waals surface area contributed by atoms with E-state index in [4.69, 9.17) is 0 Å². The molecule has 0 radical (unpaired) electrons. The Balaban J connectivity index is 1.64. The second-order valence-electron chi connectivity index (χ2n) is 7.08. The van der Waals surface area contributed by atoms with Crippen LogP contribution < -0.4 is 10.6 Å². The minimum Gasteiger partial charge on any atom is -0.359 e. The number of aromatic amines is 1. The van der Waals surface area contributed by atoms with Gasteiger partial charge in [-0.05, 0) is 30.3 Å². The first-order valence-electron chi connectivity index (χ1n) is 9.25. The third-order valence-electron chi connectivity index (χ3n) is 5.00. The summed E-state index contributed by atoms with van der Waals surface area (Å²) in [5.41, 5.74) is 1.60. The van der Waals surface area contributed by atoms with Crippen molar-refractivity contribution in [2.24, 2.45) is 7.05 Å². The van der Waals surface area contributed by atoms with Crippen LogP contribution >= 0.6 is 0 Å². The van der Waals surface area contributed by atoms with Crippen molar-refractivity contribution in [1.29, 1.82) is 0 Å². The van der Waals surface area contributed by atoms with E-state index in [1.54, 1.807) is 17.7 Å². The minimum absolute atomic E-state index is 0.0175. The number of aryl methyl sites for hydroxylation is 1. The number of anilines is 1. The molecule has 10 heteroatoms. The lowest BCUT2D eigenvalue weighted by molar-refractivity contribution is 0.0296. The molecule has 4 aromatic rings. The van der Waals surface area contributed by atoms with E-state index in [-0.39, 0.29) is 16.5 Å². The molecule has 1 amide bonds. The molecule has 2 aromatic heterocycles. The third kappa shape index (κ3) is 3.98. The van der Waals surface area contributed by atoms with Gasteiger partial charge in [0.25, 0.3) is 12.3 Å². The van der Waals surface area contributed by atoms with Gasteiger partial charge >= 0.3 is 0 Å². The first kappa shape index (κ1) is 20.9. The van der Waals surface area contributed by atoms with Crippen molar-refractivity contribution in [1.82, 2.24) is 14.9 Å². The van der Waals surface area contributed by atoms with Crippen molar-refractivity contribution >= 4 is 33.4 Å². The Morgan fingerprint density at radius 2 is 1.90 bits per heavy atom. The van der Waals surface area contributed by atoms with Gasteiger partial charge in [-0.3, -0.25) is 10.1 Å². The standard InChI is InChI=1S/C21H17F5N4O/c1-30-9-14(21(31)29-17-8-27-16-3-2-11(22)5-13(16)17)12-6-15(23)10(4-18(12)30)7-28-20(26)19(24)25/h2-6,8-9,19-20,27-28H,7H2,1H3,(H,29,31). The molecule has 0 aliphatic carbocycles. The number of hydrogen-bond acceptors (Lipinski definition) is 2. The normalized spacial score (nSPS) is 12.7. The fraction of sp³-hybridized carbons (Fsp3) is 0.190. The lowest BCUT2D eigenvalue weighted by atomic mass is 10.1. The first-order chi connectivity index (χ1) is 14.7. The molecule has 0 saturated heterocycles. The molecule has 0 aliphatic rings. The van der Waals surface area contributed by atoms with Crippen LogP contribution in [0.4, 0.5) is 27.6 Å². The van der Waals surface area contributed by atoms with Crippen molar-refractivity contribution < 1.29 is 26.7 Å². The topological polar surface area (TPSA) is 61.9 Å². The summed E-state index contributed by atoms with van der Waals surface area (Å²) in [7, 11) is 1.63. The SMILES string of the molecule is Cn1cc(C(=O)Nc2c[nH]c3ccc(F)cc23)c2cc(F)c(CNC(F)C(F)F)cc21. The fourth-order valence-corrected chi connectivity index (χ4v) is 3.44. The summed E-state index contributed by atoms with van der Waals surface area (Å²) in [5, 5.41) is 5.38. The second-order valence-corrected chi connectivity index (χ2v) is 7.08. The number of aromatic nitrogens is 2. The van der Waals surface area contributed by atoms with Gasteiger partial charge in [0, 0.05) is 53.4 Å². The maximum atomic E-state index is 14.5. The van der Waals surface area contributed by atoms with Crippen molar-refractivity contribution in [2.45, 2.75) is 19.3 Å². The van der Waals surface area contributed by atoms with Gasteiger partial charge in [0.15, 0.2) is 0 Å². The third-order valence-corrected chi connectivity index (χ3v) is 5.00. The Bertz CT molecular complexity index is 1280. The van der Waals surface area contributed by atoms with Crippen LogP contribution in [-0.2, 0) is 13.6 Å². The molecule has 0 spiro atoms. The number of amides is 1. The van der Waals surface area contributed by atoms with E-state index in [0.29, 0.717) is 22.1 Å². The highest BCUT2D eigenvalue weighted by atomic mass is 19.3. The number of halogens is 5. The van der Waals surface area contributed by atoms with Gasteiger partial charge in [0.2, 0.25) is 6.30 Å². The molecule has 4 rings (SSSR count). The van der Waals surface area contributed by atoms with E-state index in [1.807, 2.05) is 5.32 Å². The highest BCUT2D eigenvalue weighted by molar-refractivity contribution is 6.15. The Morgan fingerprint density at radius 3 is 2.65 bits per heavy atom. The van der Waals surface area contributed by atoms with Crippen LogP contribution in [0.1, 0.15) is 15.9 Å². The fourth-order valence-electron chi connectivity index (χ4n) is 3.44. The quantitative estimate of drug-likeness (QED) is 0.299. The number of fused-ring (bicyclic) bond motifs is 2. The molecule has 2 heterocycles. The Morgan fingerprint density at radius 1 is 1.13 bits per heavy atom. The molecule has 0 bridgehead atoms. The van der Waals surface area contributed by atoms with Crippen LogP contribution in [0.3, 0.4) is 0 Å². The van der Waals surface area contributed by atoms with E-state index in [0.717, 1.165) is 6.07 Å². The van der Waals surface area contributed by atoms with Crippen molar-refractivity contribution in [2.75, 3.05) is 5.32 Å². The Hall–Kier alpha value is -3.40. The van der Waals surface area contributed by atoms with Crippen LogP contribution in [-0.4, -0.2) is 28.2 Å². The largest absolute Gasteiger partial charge is 0.359 e. The summed E-state index contributed by atoms with van der Waals surface area (Å²) in [5.74, 6) is -1.77. The van der Waals surface area contributed by atoms with Gasteiger partial charge in [-0.1, -0.05) is 0 Å². The zero-order valence-electron chi connectivity index (χ0n) is 16.1. The van der Waals surface area contributed by atoms with Crippen molar-refractivity contribution in [3.05, 3.63) is 65.5 Å². The second kappa shape index (κ2) is 8.03. The van der Waals surface area contributed by atoms with Crippen molar-refractivity contribution in [3.8, 4) is 0 Å². The van der Waals surface area contributed by atoms with Crippen molar-refractivity contribution in [3.63, 3.8) is 0 Å². The number of carbonyl (C=O) groups excluding carboxylic acids is 1. The zero-order valence-corrected chi connectivity index (χ0v) is 16.1. The van der Waals surface area contributed by atoms with Gasteiger partial charge in [0.1, 0.15) is 11.6 Å². The molecule has 2 aromatic carbocycles. The summed E-state index contributed by atoms with van der Waals surface area (Å²) in [4.78, 5) is 15.8. The highest BCUT2D eigenvalue weighted by Gasteiger charge is 2.21. The smallest absolute Gasteiger partial charge is 0.282 e. The molecule has 1 atom stereocenters. The summed E-state index contributed by atoms with van der Waals surface area (Å²) in [6.07, 6.45) is -2.79. The molecule has 31 heavy (non-hydrogen) atoms. The molecular formula is C21H17F5N4O. The lowest BCUT2D eigenvalue weighted by Crippen LogP contribution is -2.31. The van der Waals surface area contributed by atoms with E-state index in [1.165, 1.54) is 30.6 Å². The molecular weight excluding hydrogens is 419 g/mol. The van der Waals surface area contributed by atoms with E-state index in [9.17, 15) is 26.7 Å². The number of nitrogens with one attached hydrogen (secondary N) is 3. The molecule has 1 unspecified atom stereocenters. The van der Waals surface area contributed by atoms with Crippen LogP contribution in [0.2, 0.25) is 0 Å². The van der Waals surface area contributed by atoms with Gasteiger partial charge in [-0.2, -0.15) is 0 Å². The van der Waals surface area contributed by atoms with Gasteiger partial charge in [0.05, 0.1) is 11.3 Å². The summed E-state index contributed by atoms with van der Waals surface area (Å²) in [6, 6.07) is 6.58. The predicted octanol–water partition coefficient (Wildman–Crippen LogP) is 4.84. The number of rotatable bonds is 6. The number of alkyl halides is 3. The summed E-state index contributed by atoms with van der Waals surface area (Å²) < 4.78 is 67.4. The average Bonchev–Trinajstić information content (AvgIpc) is 3.26.